The third kappa shape index (κ3) is 2.46. The second kappa shape index (κ2) is 6.98. The number of hydrogen-bond acceptors (Lipinski definition) is 6. The highest BCUT2D eigenvalue weighted by atomic mass is 16.5. The fraction of sp³-hybridized carbons (Fsp3) is 0.273. The molecule has 2 amide bonds. The fourth-order valence-electron chi connectivity index (χ4n) is 4.71. The van der Waals surface area contributed by atoms with Crippen LogP contribution in [0.3, 0.4) is 0 Å². The summed E-state index contributed by atoms with van der Waals surface area (Å²) >= 11 is 0. The van der Waals surface area contributed by atoms with Gasteiger partial charge < -0.3 is 20.1 Å². The molecule has 0 aliphatic carbocycles. The summed E-state index contributed by atoms with van der Waals surface area (Å²) in [6.45, 7) is 0. The number of hydrogen-bond donors (Lipinski definition) is 2. The van der Waals surface area contributed by atoms with E-state index in [9.17, 15) is 19.2 Å². The van der Waals surface area contributed by atoms with Crippen molar-refractivity contribution in [1.82, 2.24) is 0 Å². The predicted octanol–water partition coefficient (Wildman–Crippen LogP) is 1.89. The minimum Gasteiger partial charge on any atom is -0.469 e. The number of fused-ring (bicyclic) bond motifs is 2. The first kappa shape index (κ1) is 19.6. The Balaban J connectivity index is 2.09. The van der Waals surface area contributed by atoms with E-state index in [1.165, 1.54) is 14.2 Å². The normalized spacial score (nSPS) is 23.8. The van der Waals surface area contributed by atoms with Crippen LogP contribution in [-0.2, 0) is 39.5 Å². The van der Waals surface area contributed by atoms with Gasteiger partial charge in [0.1, 0.15) is 10.8 Å². The second-order valence-corrected chi connectivity index (χ2v) is 7.32. The molecule has 2 heterocycles. The molecule has 2 atom stereocenters. The highest BCUT2D eigenvalue weighted by molar-refractivity contribution is 6.19. The first-order valence-electron chi connectivity index (χ1n) is 9.36. The molecule has 154 valence electrons. The van der Waals surface area contributed by atoms with Crippen molar-refractivity contribution in [3.63, 3.8) is 0 Å². The fourth-order valence-corrected chi connectivity index (χ4v) is 4.71. The van der Waals surface area contributed by atoms with E-state index in [1.54, 1.807) is 48.5 Å². The van der Waals surface area contributed by atoms with Gasteiger partial charge in [-0.25, -0.2) is 0 Å². The van der Waals surface area contributed by atoms with Gasteiger partial charge in [-0.1, -0.05) is 36.4 Å². The van der Waals surface area contributed by atoms with Gasteiger partial charge in [-0.05, 0) is 23.3 Å². The molecule has 8 nitrogen and oxygen atoms in total. The van der Waals surface area contributed by atoms with Gasteiger partial charge in [0.25, 0.3) is 0 Å². The van der Waals surface area contributed by atoms with Crippen LogP contribution < -0.4 is 10.6 Å². The maximum Gasteiger partial charge on any atom is 0.306 e. The zero-order valence-corrected chi connectivity index (χ0v) is 16.5. The monoisotopic (exact) mass is 408 g/mol. The van der Waals surface area contributed by atoms with Gasteiger partial charge in [0.15, 0.2) is 0 Å². The maximum absolute atomic E-state index is 13.6. The highest BCUT2D eigenvalue weighted by Crippen LogP contribution is 2.58. The SMILES string of the molecule is COC(=O)CC1(C2(CC(=O)OC)C(=O)Nc3ccccc32)C(=O)Nc2ccccc21. The van der Waals surface area contributed by atoms with Crippen molar-refractivity contribution >= 4 is 35.1 Å². The van der Waals surface area contributed by atoms with Gasteiger partial charge >= 0.3 is 11.9 Å². The van der Waals surface area contributed by atoms with Crippen molar-refractivity contribution in [2.24, 2.45) is 0 Å². The molecule has 0 bridgehead atoms. The summed E-state index contributed by atoms with van der Waals surface area (Å²) in [4.78, 5) is 52.2. The molecule has 0 spiro atoms. The maximum atomic E-state index is 13.6. The molecular formula is C22H20N2O6. The molecule has 30 heavy (non-hydrogen) atoms. The molecule has 2 aromatic rings. The third-order valence-corrected chi connectivity index (χ3v) is 6.05. The summed E-state index contributed by atoms with van der Waals surface area (Å²) in [6, 6.07) is 13.7. The average Bonchev–Trinajstić information content (AvgIpc) is 3.20. The van der Waals surface area contributed by atoms with Crippen molar-refractivity contribution in [3.05, 3.63) is 59.7 Å². The predicted molar refractivity (Wildman–Crippen MR) is 107 cm³/mol. The van der Waals surface area contributed by atoms with Crippen molar-refractivity contribution in [2.45, 2.75) is 23.7 Å². The average molecular weight is 408 g/mol. The van der Waals surface area contributed by atoms with E-state index < -0.39 is 47.4 Å². The zero-order valence-electron chi connectivity index (χ0n) is 16.5. The van der Waals surface area contributed by atoms with E-state index in [4.69, 9.17) is 9.47 Å². The second-order valence-electron chi connectivity index (χ2n) is 7.32. The van der Waals surface area contributed by atoms with Crippen LogP contribution in [0, 0.1) is 0 Å². The minimum atomic E-state index is -1.71. The number of methoxy groups -OCH3 is 2. The van der Waals surface area contributed by atoms with Crippen molar-refractivity contribution in [1.29, 1.82) is 0 Å². The van der Waals surface area contributed by atoms with Crippen LogP contribution in [0.25, 0.3) is 0 Å². The van der Waals surface area contributed by atoms with E-state index in [1.807, 2.05) is 0 Å². The highest BCUT2D eigenvalue weighted by Gasteiger charge is 2.69. The molecule has 2 aliphatic heterocycles. The Morgan fingerprint density at radius 2 is 1.10 bits per heavy atom. The van der Waals surface area contributed by atoms with Crippen LogP contribution in [0.5, 0.6) is 0 Å². The zero-order chi connectivity index (χ0) is 21.5. The van der Waals surface area contributed by atoms with E-state index in [2.05, 4.69) is 10.6 Å². The summed E-state index contributed by atoms with van der Waals surface area (Å²) in [7, 11) is 2.43. The van der Waals surface area contributed by atoms with Gasteiger partial charge in [-0.2, -0.15) is 0 Å². The van der Waals surface area contributed by atoms with Crippen molar-refractivity contribution < 1.29 is 28.7 Å². The lowest BCUT2D eigenvalue weighted by atomic mass is 9.54. The lowest BCUT2D eigenvalue weighted by Gasteiger charge is -2.42. The summed E-state index contributed by atoms with van der Waals surface area (Å²) in [5.41, 5.74) is -1.55. The Kier molecular flexibility index (Phi) is 4.57. The van der Waals surface area contributed by atoms with E-state index in [-0.39, 0.29) is 0 Å². The van der Waals surface area contributed by atoms with Crippen LogP contribution in [0.15, 0.2) is 48.5 Å². The summed E-state index contributed by atoms with van der Waals surface area (Å²) in [6.07, 6.45) is -0.851. The Morgan fingerprint density at radius 3 is 1.47 bits per heavy atom. The smallest absolute Gasteiger partial charge is 0.306 e. The van der Waals surface area contributed by atoms with Gasteiger partial charge in [0.2, 0.25) is 11.8 Å². The number of para-hydroxylation sites is 2. The van der Waals surface area contributed by atoms with Crippen LogP contribution in [0.2, 0.25) is 0 Å². The number of ether oxygens (including phenoxy) is 2. The molecule has 2 unspecified atom stereocenters. The van der Waals surface area contributed by atoms with Crippen LogP contribution in [0.1, 0.15) is 24.0 Å². The quantitative estimate of drug-likeness (QED) is 0.731. The number of carbonyl (C=O) groups excluding carboxylic acids is 4. The number of anilines is 2. The molecule has 0 aromatic heterocycles. The van der Waals surface area contributed by atoms with Gasteiger partial charge in [-0.3, -0.25) is 19.2 Å². The molecular weight excluding hydrogens is 388 g/mol. The lowest BCUT2D eigenvalue weighted by molar-refractivity contribution is -0.151. The summed E-state index contributed by atoms with van der Waals surface area (Å²) < 4.78 is 9.79. The minimum absolute atomic E-state index is 0.426. The molecule has 4 rings (SSSR count). The Labute approximate surface area is 172 Å². The molecule has 0 saturated heterocycles. The van der Waals surface area contributed by atoms with Gasteiger partial charge in [0.05, 0.1) is 27.1 Å². The summed E-state index contributed by atoms with van der Waals surface area (Å²) in [5, 5.41) is 5.57. The van der Waals surface area contributed by atoms with Crippen molar-refractivity contribution in [3.8, 4) is 0 Å². The van der Waals surface area contributed by atoms with Crippen LogP contribution >= 0.6 is 0 Å². The molecule has 2 aliphatic rings. The van der Waals surface area contributed by atoms with Crippen molar-refractivity contribution in [2.75, 3.05) is 24.9 Å². The van der Waals surface area contributed by atoms with Gasteiger partial charge in [-0.15, -0.1) is 0 Å². The van der Waals surface area contributed by atoms with E-state index >= 15 is 0 Å². The van der Waals surface area contributed by atoms with Crippen LogP contribution in [-0.4, -0.2) is 38.0 Å². The summed E-state index contributed by atoms with van der Waals surface area (Å²) in [5.74, 6) is -2.46. The largest absolute Gasteiger partial charge is 0.469 e. The Hall–Kier alpha value is -3.68. The molecule has 8 heteroatoms. The van der Waals surface area contributed by atoms with E-state index in [0.717, 1.165) is 0 Å². The first-order chi connectivity index (χ1) is 14.4. The van der Waals surface area contributed by atoms with Crippen LogP contribution in [0.4, 0.5) is 11.4 Å². The lowest BCUT2D eigenvalue weighted by Crippen LogP contribution is -2.59. The Bertz CT molecular complexity index is 995. The Morgan fingerprint density at radius 1 is 0.733 bits per heavy atom. The first-order valence-corrected chi connectivity index (χ1v) is 9.36. The molecule has 2 N–H and O–H groups in total. The third-order valence-electron chi connectivity index (χ3n) is 6.05. The molecule has 0 saturated carbocycles. The number of carbonyl (C=O) groups is 4. The molecule has 2 aromatic carbocycles. The molecule has 0 fully saturated rings. The number of amides is 2. The van der Waals surface area contributed by atoms with Gasteiger partial charge in [0, 0.05) is 11.4 Å². The number of esters is 2. The number of benzene rings is 2. The standard InChI is InChI=1S/C22H20N2O6/c1-29-17(25)11-21(13-7-3-5-9-15(13)23-19(21)27)22(12-18(26)30-2)14-8-4-6-10-16(14)24-20(22)28/h3-10H,11-12H2,1-2H3,(H,23,27)(H,24,28). The molecule has 0 radical (unpaired) electrons. The number of rotatable bonds is 5. The topological polar surface area (TPSA) is 111 Å². The van der Waals surface area contributed by atoms with E-state index in [0.29, 0.717) is 22.5 Å². The number of nitrogens with one attached hydrogen (secondary N) is 2.